The van der Waals surface area contributed by atoms with Gasteiger partial charge in [-0.1, -0.05) is 6.92 Å². The van der Waals surface area contributed by atoms with Crippen LogP contribution in [-0.2, 0) is 4.79 Å². The summed E-state index contributed by atoms with van der Waals surface area (Å²) in [4.78, 5) is 25.7. The number of anilines is 1. The van der Waals surface area contributed by atoms with Crippen molar-refractivity contribution in [3.05, 3.63) is 30.0 Å². The Labute approximate surface area is 150 Å². The van der Waals surface area contributed by atoms with E-state index in [1.54, 1.807) is 0 Å². The molecule has 1 aliphatic heterocycles. The summed E-state index contributed by atoms with van der Waals surface area (Å²) in [5.74, 6) is -4.58. The summed E-state index contributed by atoms with van der Waals surface area (Å²) >= 11 is 0. The number of carbonyl (C=O) groups excluding carboxylic acids is 1. The number of amides is 1. The number of hydrogen-bond donors (Lipinski definition) is 1. The maximum Gasteiger partial charge on any atom is 0.302 e. The van der Waals surface area contributed by atoms with E-state index >= 15 is 0 Å². The van der Waals surface area contributed by atoms with Crippen molar-refractivity contribution >= 4 is 22.8 Å². The Kier molecular flexibility index (Phi) is 1.87. The van der Waals surface area contributed by atoms with E-state index in [-0.39, 0.29) is 26.9 Å². The van der Waals surface area contributed by atoms with Crippen LogP contribution in [-0.4, -0.2) is 58.3 Å². The molecule has 1 saturated heterocycles. The molecule has 1 aliphatic rings. The molecule has 7 nitrogen and oxygen atoms in total. The number of likely N-dealkylation sites (N-methyl/N-ethyl adjacent to an activating group) is 1. The number of aromatic nitrogens is 3. The van der Waals surface area contributed by atoms with E-state index < -0.39 is 62.9 Å². The first-order valence-electron chi connectivity index (χ1n) is 12.1. The van der Waals surface area contributed by atoms with Gasteiger partial charge in [0.2, 0.25) is 0 Å². The number of fused-ring (bicyclic) bond motifs is 1. The summed E-state index contributed by atoms with van der Waals surface area (Å²) in [5.41, 5.74) is -0.142. The van der Waals surface area contributed by atoms with Crippen molar-refractivity contribution in [1.29, 1.82) is 0 Å². The molecule has 0 aliphatic carbocycles. The third-order valence-electron chi connectivity index (χ3n) is 3.23. The second kappa shape index (κ2) is 6.24. The fraction of sp³-hybridized carbons (Fsp3) is 0.500. The monoisotopic (exact) mass is 323 g/mol. The van der Waals surface area contributed by atoms with Crippen molar-refractivity contribution in [2.45, 2.75) is 19.4 Å². The van der Waals surface area contributed by atoms with Crippen LogP contribution in [0.1, 0.15) is 28.4 Å². The Morgan fingerprint density at radius 3 is 3.43 bits per heavy atom. The van der Waals surface area contributed by atoms with Crippen LogP contribution in [0.4, 0.5) is 5.82 Å². The van der Waals surface area contributed by atoms with E-state index in [2.05, 4.69) is 19.8 Å². The van der Waals surface area contributed by atoms with E-state index in [1.165, 1.54) is 0 Å². The summed E-state index contributed by atoms with van der Waals surface area (Å²) in [7, 11) is 0. The van der Waals surface area contributed by atoms with Gasteiger partial charge in [-0.25, -0.2) is 16.5 Å². The second-order valence-electron chi connectivity index (χ2n) is 4.76. The molecule has 1 amide bonds. The first kappa shape index (κ1) is 6.87. The predicted molar refractivity (Wildman–Crippen MR) is 87.9 cm³/mol. The van der Waals surface area contributed by atoms with Crippen LogP contribution in [0.15, 0.2) is 18.5 Å². The molecule has 2 aromatic rings. The first-order chi connectivity index (χ1) is 15.3. The molecule has 0 saturated carbocycles. The number of carbonyl (C=O) groups is 1. The van der Waals surface area contributed by atoms with Gasteiger partial charge in [-0.05, 0) is 18.4 Å². The Morgan fingerprint density at radius 1 is 1.78 bits per heavy atom. The highest BCUT2D eigenvalue weighted by Crippen LogP contribution is 2.28. The predicted octanol–water partition coefficient (Wildman–Crippen LogP) is 1.55. The minimum absolute atomic E-state index is 0.00120. The maximum atomic E-state index is 12.7. The summed E-state index contributed by atoms with van der Waals surface area (Å²) < 4.78 is 92.0. The average Bonchev–Trinajstić information content (AvgIpc) is 2.98. The summed E-state index contributed by atoms with van der Waals surface area (Å²) in [6, 6.07) is -3.59. The van der Waals surface area contributed by atoms with Crippen LogP contribution in [0, 0.1) is 12.5 Å². The largest absolute Gasteiger partial charge is 0.354 e. The highest BCUT2D eigenvalue weighted by Gasteiger charge is 2.33. The minimum Gasteiger partial charge on any atom is -0.354 e. The number of likely N-dealkylation sites (tertiary alicyclic amines) is 1. The van der Waals surface area contributed by atoms with Gasteiger partial charge in [0, 0.05) is 34.4 Å². The number of nitrogens with one attached hydrogen (secondary N) is 1. The SMILES string of the molecule is [2H]c1nc(N(C([2H])([2H])[2H])[C@@]2([2H])C([2H])([2H])N(C(=O)C[N+]#[C-])C([2H])([2H])C[C@@]2([2H])C)c2c([2H])c[nH]c2n1. The van der Waals surface area contributed by atoms with E-state index in [1.807, 2.05) is 0 Å². The molecule has 1 N–H and O–H groups in total. The van der Waals surface area contributed by atoms with E-state index in [4.69, 9.17) is 21.7 Å². The molecule has 0 unspecified atom stereocenters. The van der Waals surface area contributed by atoms with E-state index in [0.717, 1.165) is 13.1 Å². The third-order valence-corrected chi connectivity index (χ3v) is 3.23. The molecular formula is C16H20N6O. The molecule has 120 valence electrons. The van der Waals surface area contributed by atoms with Gasteiger partial charge in [-0.15, -0.1) is 0 Å². The number of hydrogen-bond acceptors (Lipinski definition) is 4. The van der Waals surface area contributed by atoms with Crippen molar-refractivity contribution in [3.63, 3.8) is 0 Å². The molecule has 0 bridgehead atoms. The van der Waals surface area contributed by atoms with Crippen molar-refractivity contribution in [2.75, 3.05) is 31.4 Å². The molecular weight excluding hydrogens is 292 g/mol. The highest BCUT2D eigenvalue weighted by molar-refractivity contribution is 5.87. The average molecular weight is 323 g/mol. The first-order valence-corrected chi connectivity index (χ1v) is 6.62. The number of nitrogens with zero attached hydrogens (tertiary/aromatic N) is 5. The van der Waals surface area contributed by atoms with Gasteiger partial charge in [0.25, 0.3) is 6.54 Å². The minimum atomic E-state index is -3.50. The Bertz CT molecular complexity index is 1190. The zero-order valence-corrected chi connectivity index (χ0v) is 12.1. The number of rotatable bonds is 3. The molecule has 0 spiro atoms. The van der Waals surface area contributed by atoms with Crippen molar-refractivity contribution in [1.82, 2.24) is 19.9 Å². The van der Waals surface area contributed by atoms with Gasteiger partial charge in [-0.2, -0.15) is 0 Å². The smallest absolute Gasteiger partial charge is 0.302 e. The van der Waals surface area contributed by atoms with Crippen LogP contribution in [0.3, 0.4) is 0 Å². The van der Waals surface area contributed by atoms with Crippen LogP contribution in [0.25, 0.3) is 15.9 Å². The third kappa shape index (κ3) is 2.84. The fourth-order valence-corrected chi connectivity index (χ4v) is 2.07. The summed E-state index contributed by atoms with van der Waals surface area (Å²) in [6.07, 6.45) is -0.584. The van der Waals surface area contributed by atoms with Crippen molar-refractivity contribution in [2.24, 2.45) is 5.89 Å². The van der Waals surface area contributed by atoms with Crippen molar-refractivity contribution < 1.29 is 19.9 Å². The lowest BCUT2D eigenvalue weighted by molar-refractivity contribution is -0.130. The standard InChI is InChI=1S/C16H20N6O/c1-11-5-7-22(14(23)8-17-2)9-13(11)21(3)16-12-4-6-18-15(12)19-10-20-16/h4,6,10-11,13H,5,7-9H2,1,3H3,(H,18,19,20)/t11-,13+/m1/s1/i3D3,4D,7D2,9D2,10D,11D,13D. The van der Waals surface area contributed by atoms with Gasteiger partial charge in [0.1, 0.15) is 19.1 Å². The molecule has 7 heteroatoms. The number of H-pyrrole nitrogens is 1. The molecule has 23 heavy (non-hydrogen) atoms. The lowest BCUT2D eigenvalue weighted by atomic mass is 9.92. The van der Waals surface area contributed by atoms with Crippen LogP contribution in [0.5, 0.6) is 0 Å². The molecule has 2 atom stereocenters. The van der Waals surface area contributed by atoms with Crippen LogP contribution in [0.2, 0.25) is 0 Å². The maximum absolute atomic E-state index is 12.7. The second-order valence-corrected chi connectivity index (χ2v) is 4.76. The Morgan fingerprint density at radius 2 is 2.65 bits per heavy atom. The summed E-state index contributed by atoms with van der Waals surface area (Å²) in [5, 5.41) is -0.266. The van der Waals surface area contributed by atoms with Gasteiger partial charge in [0.15, 0.2) is 0 Å². The molecule has 0 radical (unpaired) electrons. The van der Waals surface area contributed by atoms with E-state index in [0.29, 0.717) is 0 Å². The van der Waals surface area contributed by atoms with Crippen LogP contribution >= 0.6 is 0 Å². The van der Waals surface area contributed by atoms with Gasteiger partial charge >= 0.3 is 5.91 Å². The quantitative estimate of drug-likeness (QED) is 0.870. The topological polar surface area (TPSA) is 69.5 Å². The Hall–Kier alpha value is -2.62. The lowest BCUT2D eigenvalue weighted by Gasteiger charge is -2.41. The zero-order valence-electron chi connectivity index (χ0n) is 23.1. The molecule has 3 heterocycles. The van der Waals surface area contributed by atoms with E-state index in [9.17, 15) is 4.79 Å². The van der Waals surface area contributed by atoms with Gasteiger partial charge < -0.3 is 19.6 Å². The lowest BCUT2D eigenvalue weighted by Crippen LogP contribution is -2.53. The number of piperidine rings is 1. The molecule has 0 aromatic carbocycles. The zero-order chi connectivity index (χ0) is 26.1. The molecule has 3 rings (SSSR count). The highest BCUT2D eigenvalue weighted by atomic mass is 16.2. The fourth-order valence-electron chi connectivity index (χ4n) is 2.07. The van der Waals surface area contributed by atoms with Crippen molar-refractivity contribution in [3.8, 4) is 0 Å². The van der Waals surface area contributed by atoms with Gasteiger partial charge in [-0.3, -0.25) is 4.79 Å². The molecule has 1 fully saturated rings. The number of aromatic amines is 1. The Balaban J connectivity index is 2.43. The normalized spacial score (nSPS) is 39.5. The van der Waals surface area contributed by atoms with Gasteiger partial charge in [0.05, 0.1) is 16.9 Å². The van der Waals surface area contributed by atoms with Crippen LogP contribution < -0.4 is 4.90 Å². The summed E-state index contributed by atoms with van der Waals surface area (Å²) in [6.45, 7) is -2.85. The molecule has 2 aromatic heterocycles.